The highest BCUT2D eigenvalue weighted by atomic mass is 35.5. The molecule has 0 aromatic heterocycles. The van der Waals surface area contributed by atoms with Crippen molar-refractivity contribution in [3.63, 3.8) is 0 Å². The second-order valence-electron chi connectivity index (χ2n) is 3.93. The lowest BCUT2D eigenvalue weighted by molar-refractivity contribution is 0.0844. The Morgan fingerprint density at radius 3 is 2.87 bits per heavy atom. The van der Waals surface area contributed by atoms with Crippen LogP contribution in [0.25, 0.3) is 0 Å². The molecular weight excluding hydrogens is 210 g/mol. The van der Waals surface area contributed by atoms with Gasteiger partial charge in [-0.15, -0.1) is 0 Å². The second kappa shape index (κ2) is 3.86. The number of benzene rings is 1. The van der Waals surface area contributed by atoms with E-state index in [1.54, 1.807) is 0 Å². The maximum absolute atomic E-state index is 6.14. The lowest BCUT2D eigenvalue weighted by atomic mass is 10.1. The minimum atomic E-state index is -0.500. The third kappa shape index (κ3) is 2.00. The lowest BCUT2D eigenvalue weighted by Crippen LogP contribution is -2.34. The van der Waals surface area contributed by atoms with Gasteiger partial charge in [-0.3, -0.25) is 0 Å². The molecule has 80 valence electrons. The topological polar surface area (TPSA) is 21.6 Å². The summed E-state index contributed by atoms with van der Waals surface area (Å²) in [7, 11) is 0. The maximum Gasteiger partial charge on any atom is 0.199 e. The molecule has 2 rings (SSSR count). The number of ether oxygens (including phenoxy) is 1. The van der Waals surface area contributed by atoms with Crippen LogP contribution in [-0.4, -0.2) is 10.9 Å². The van der Waals surface area contributed by atoms with Gasteiger partial charge in [0.1, 0.15) is 10.9 Å². The zero-order valence-corrected chi connectivity index (χ0v) is 9.71. The Bertz CT molecular complexity index is 402. The molecule has 1 aliphatic heterocycles. The molecule has 15 heavy (non-hydrogen) atoms. The summed E-state index contributed by atoms with van der Waals surface area (Å²) in [6.07, 6.45) is 1.89. The minimum absolute atomic E-state index is 0.500. The normalized spacial score (nSPS) is 24.1. The van der Waals surface area contributed by atoms with Gasteiger partial charge in [0.2, 0.25) is 0 Å². The summed E-state index contributed by atoms with van der Waals surface area (Å²) in [4.78, 5) is 4.41. The van der Waals surface area contributed by atoms with Crippen LogP contribution >= 0.6 is 11.6 Å². The molecule has 0 amide bonds. The highest BCUT2D eigenvalue weighted by molar-refractivity contribution is 6.70. The SMILES string of the molecule is CCCC1(C)N=C(Cl)c2ccccc2O1. The van der Waals surface area contributed by atoms with Crippen LogP contribution in [0.2, 0.25) is 0 Å². The van der Waals surface area contributed by atoms with Crippen LogP contribution in [0.1, 0.15) is 32.3 Å². The number of aliphatic imine (C=N–C) groups is 1. The molecule has 0 fully saturated rings. The Hall–Kier alpha value is -1.02. The predicted molar refractivity (Wildman–Crippen MR) is 62.8 cm³/mol. The van der Waals surface area contributed by atoms with Gasteiger partial charge in [-0.2, -0.15) is 0 Å². The van der Waals surface area contributed by atoms with Crippen LogP contribution in [-0.2, 0) is 0 Å². The fourth-order valence-corrected chi connectivity index (χ4v) is 2.16. The number of hydrogen-bond acceptors (Lipinski definition) is 2. The third-order valence-corrected chi connectivity index (χ3v) is 2.78. The molecule has 0 spiro atoms. The molecule has 0 aliphatic carbocycles. The zero-order valence-electron chi connectivity index (χ0n) is 8.96. The molecule has 1 unspecified atom stereocenters. The summed E-state index contributed by atoms with van der Waals surface area (Å²) in [6.45, 7) is 4.08. The number of para-hydroxylation sites is 1. The van der Waals surface area contributed by atoms with Crippen molar-refractivity contribution in [3.05, 3.63) is 29.8 Å². The molecule has 0 saturated carbocycles. The first-order valence-electron chi connectivity index (χ1n) is 5.18. The Kier molecular flexibility index (Phi) is 2.70. The van der Waals surface area contributed by atoms with E-state index in [0.29, 0.717) is 5.17 Å². The smallest absolute Gasteiger partial charge is 0.199 e. The van der Waals surface area contributed by atoms with E-state index in [-0.39, 0.29) is 0 Å². The Balaban J connectivity index is 2.40. The molecule has 0 saturated heterocycles. The van der Waals surface area contributed by atoms with Crippen LogP contribution < -0.4 is 4.74 Å². The molecule has 1 aromatic rings. The quantitative estimate of drug-likeness (QED) is 0.751. The first-order valence-corrected chi connectivity index (χ1v) is 5.56. The average molecular weight is 224 g/mol. The van der Waals surface area contributed by atoms with Gasteiger partial charge < -0.3 is 4.74 Å². The van der Waals surface area contributed by atoms with E-state index in [1.807, 2.05) is 31.2 Å². The van der Waals surface area contributed by atoms with E-state index in [4.69, 9.17) is 16.3 Å². The molecule has 0 N–H and O–H groups in total. The van der Waals surface area contributed by atoms with Crippen molar-refractivity contribution in [2.45, 2.75) is 32.4 Å². The fraction of sp³-hybridized carbons (Fsp3) is 0.417. The second-order valence-corrected chi connectivity index (χ2v) is 4.28. The van der Waals surface area contributed by atoms with Crippen LogP contribution in [0.4, 0.5) is 0 Å². The van der Waals surface area contributed by atoms with Gasteiger partial charge in [0, 0.05) is 6.42 Å². The van der Waals surface area contributed by atoms with Gasteiger partial charge in [0.25, 0.3) is 0 Å². The van der Waals surface area contributed by atoms with Crippen LogP contribution in [0.15, 0.2) is 29.3 Å². The molecular formula is C12H14ClNO. The van der Waals surface area contributed by atoms with Crippen LogP contribution in [0.3, 0.4) is 0 Å². The first kappa shape index (κ1) is 10.5. The summed E-state index contributed by atoms with van der Waals surface area (Å²) < 4.78 is 5.86. The van der Waals surface area contributed by atoms with Gasteiger partial charge in [-0.25, -0.2) is 4.99 Å². The third-order valence-electron chi connectivity index (χ3n) is 2.49. The van der Waals surface area contributed by atoms with E-state index in [1.165, 1.54) is 0 Å². The monoisotopic (exact) mass is 223 g/mol. The molecule has 2 nitrogen and oxygen atoms in total. The minimum Gasteiger partial charge on any atom is -0.466 e. The van der Waals surface area contributed by atoms with Gasteiger partial charge in [-0.05, 0) is 19.1 Å². The van der Waals surface area contributed by atoms with Crippen molar-refractivity contribution in [1.29, 1.82) is 0 Å². The molecule has 1 aliphatic rings. The van der Waals surface area contributed by atoms with Crippen molar-refractivity contribution < 1.29 is 4.74 Å². The largest absolute Gasteiger partial charge is 0.466 e. The Morgan fingerprint density at radius 1 is 1.40 bits per heavy atom. The van der Waals surface area contributed by atoms with Gasteiger partial charge >= 0.3 is 0 Å². The summed E-state index contributed by atoms with van der Waals surface area (Å²) in [5, 5.41) is 0.549. The summed E-state index contributed by atoms with van der Waals surface area (Å²) >= 11 is 6.14. The fourth-order valence-electron chi connectivity index (χ4n) is 1.82. The van der Waals surface area contributed by atoms with E-state index < -0.39 is 5.72 Å². The number of rotatable bonds is 2. The standard InChI is InChI=1S/C12H14ClNO/c1-3-8-12(2)14-11(13)9-6-4-5-7-10(9)15-12/h4-7H,3,8H2,1-2H3. The van der Waals surface area contributed by atoms with E-state index in [9.17, 15) is 0 Å². The Labute approximate surface area is 94.9 Å². The highest BCUT2D eigenvalue weighted by Crippen LogP contribution is 2.33. The number of halogens is 1. The first-order chi connectivity index (χ1) is 7.14. The molecule has 1 aromatic carbocycles. The van der Waals surface area contributed by atoms with Crippen molar-refractivity contribution >= 4 is 16.8 Å². The zero-order chi connectivity index (χ0) is 10.9. The van der Waals surface area contributed by atoms with E-state index >= 15 is 0 Å². The van der Waals surface area contributed by atoms with Crippen LogP contribution in [0, 0.1) is 0 Å². The van der Waals surface area contributed by atoms with Gasteiger partial charge in [0.05, 0.1) is 5.56 Å². The predicted octanol–water partition coefficient (Wildman–Crippen LogP) is 3.58. The number of fused-ring (bicyclic) bond motifs is 1. The van der Waals surface area contributed by atoms with Crippen molar-refractivity contribution in [1.82, 2.24) is 0 Å². The number of nitrogens with zero attached hydrogens (tertiary/aromatic N) is 1. The Morgan fingerprint density at radius 2 is 2.13 bits per heavy atom. The molecule has 0 bridgehead atoms. The average Bonchev–Trinajstić information content (AvgIpc) is 2.17. The summed E-state index contributed by atoms with van der Waals surface area (Å²) in [5.74, 6) is 0.827. The number of hydrogen-bond donors (Lipinski definition) is 0. The summed E-state index contributed by atoms with van der Waals surface area (Å²) in [6, 6.07) is 7.73. The van der Waals surface area contributed by atoms with E-state index in [0.717, 1.165) is 24.2 Å². The van der Waals surface area contributed by atoms with Crippen LogP contribution in [0.5, 0.6) is 5.75 Å². The van der Waals surface area contributed by atoms with E-state index in [2.05, 4.69) is 11.9 Å². The summed E-state index contributed by atoms with van der Waals surface area (Å²) in [5.41, 5.74) is 0.382. The van der Waals surface area contributed by atoms with Crippen molar-refractivity contribution in [2.75, 3.05) is 0 Å². The van der Waals surface area contributed by atoms with Crippen molar-refractivity contribution in [3.8, 4) is 5.75 Å². The van der Waals surface area contributed by atoms with Gasteiger partial charge in [-0.1, -0.05) is 37.1 Å². The molecule has 1 heterocycles. The molecule has 0 radical (unpaired) electrons. The molecule has 3 heteroatoms. The lowest BCUT2D eigenvalue weighted by Gasteiger charge is -2.31. The highest BCUT2D eigenvalue weighted by Gasteiger charge is 2.30. The maximum atomic E-state index is 6.14. The molecule has 1 atom stereocenters. The van der Waals surface area contributed by atoms with Crippen molar-refractivity contribution in [2.24, 2.45) is 4.99 Å². The van der Waals surface area contributed by atoms with Gasteiger partial charge in [0.15, 0.2) is 5.72 Å².